The zero-order valence-corrected chi connectivity index (χ0v) is 14.3. The van der Waals surface area contributed by atoms with E-state index in [4.69, 9.17) is 5.11 Å². The smallest absolute Gasteiger partial charge is 0.313 e. The molecule has 0 aromatic rings. The predicted molar refractivity (Wildman–Crippen MR) is 87.5 cm³/mol. The van der Waals surface area contributed by atoms with Crippen LogP contribution >= 0.6 is 11.8 Å². The molecule has 0 atom stereocenters. The number of rotatable bonds is 7. The van der Waals surface area contributed by atoms with Crippen molar-refractivity contribution in [1.29, 1.82) is 0 Å². The number of nitrogens with one attached hydrogen (secondary N) is 1. The monoisotopic (exact) mass is 315 g/mol. The average molecular weight is 315 g/mol. The lowest BCUT2D eigenvalue weighted by Gasteiger charge is -2.36. The second-order valence-electron chi connectivity index (χ2n) is 7.08. The summed E-state index contributed by atoms with van der Waals surface area (Å²) in [5.74, 6) is 1.38. The Morgan fingerprint density at radius 1 is 1.19 bits per heavy atom. The molecule has 0 heterocycles. The SMILES string of the molecule is CC(C)(C)C1CCC(CC(=O)NCCSCC(=O)O)CC1. The number of carbonyl (C=O) groups is 2. The van der Waals surface area contributed by atoms with Crippen molar-refractivity contribution in [2.75, 3.05) is 18.1 Å². The first-order chi connectivity index (χ1) is 9.79. The van der Waals surface area contributed by atoms with Gasteiger partial charge in [-0.2, -0.15) is 0 Å². The molecular weight excluding hydrogens is 286 g/mol. The van der Waals surface area contributed by atoms with Crippen LogP contribution in [0.3, 0.4) is 0 Å². The topological polar surface area (TPSA) is 66.4 Å². The van der Waals surface area contributed by atoms with Gasteiger partial charge in [-0.15, -0.1) is 11.8 Å². The molecule has 2 N–H and O–H groups in total. The standard InChI is InChI=1S/C16H29NO3S/c1-16(2,3)13-6-4-12(5-7-13)10-14(18)17-8-9-21-11-15(19)20/h12-13H,4-11H2,1-3H3,(H,17,18)(H,19,20). The number of hydrogen-bond donors (Lipinski definition) is 2. The highest BCUT2D eigenvalue weighted by molar-refractivity contribution is 7.99. The van der Waals surface area contributed by atoms with Crippen LogP contribution in [0.4, 0.5) is 0 Å². The van der Waals surface area contributed by atoms with E-state index in [9.17, 15) is 9.59 Å². The Kier molecular flexibility index (Phi) is 7.57. The first-order valence-electron chi connectivity index (χ1n) is 7.85. The molecule has 0 spiro atoms. The summed E-state index contributed by atoms with van der Waals surface area (Å²) in [5, 5.41) is 11.4. The van der Waals surface area contributed by atoms with Gasteiger partial charge in [0.15, 0.2) is 0 Å². The minimum absolute atomic E-state index is 0.104. The Bertz CT molecular complexity index is 344. The van der Waals surface area contributed by atoms with Crippen molar-refractivity contribution < 1.29 is 14.7 Å². The van der Waals surface area contributed by atoms with Gasteiger partial charge in [0, 0.05) is 18.7 Å². The first kappa shape index (κ1) is 18.3. The molecular formula is C16H29NO3S. The van der Waals surface area contributed by atoms with Crippen molar-refractivity contribution in [1.82, 2.24) is 5.32 Å². The van der Waals surface area contributed by atoms with Crippen molar-refractivity contribution in [2.45, 2.75) is 52.9 Å². The largest absolute Gasteiger partial charge is 0.481 e. The molecule has 1 fully saturated rings. The van der Waals surface area contributed by atoms with E-state index in [0.717, 1.165) is 18.8 Å². The normalized spacial score (nSPS) is 22.8. The number of carboxylic acid groups (broad SMARTS) is 1. The zero-order chi connectivity index (χ0) is 15.9. The Balaban J connectivity index is 2.12. The molecule has 1 aliphatic carbocycles. The van der Waals surface area contributed by atoms with E-state index in [2.05, 4.69) is 26.1 Å². The molecule has 1 rings (SSSR count). The minimum Gasteiger partial charge on any atom is -0.481 e. The van der Waals surface area contributed by atoms with Gasteiger partial charge >= 0.3 is 5.97 Å². The summed E-state index contributed by atoms with van der Waals surface area (Å²) in [6.07, 6.45) is 5.40. The Morgan fingerprint density at radius 2 is 1.81 bits per heavy atom. The summed E-state index contributed by atoms with van der Waals surface area (Å²) in [6, 6.07) is 0. The fourth-order valence-electron chi connectivity index (χ4n) is 2.99. The van der Waals surface area contributed by atoms with Crippen LogP contribution in [-0.4, -0.2) is 35.0 Å². The van der Waals surface area contributed by atoms with Crippen LogP contribution in [0.1, 0.15) is 52.9 Å². The van der Waals surface area contributed by atoms with Gasteiger partial charge in [-0.05, 0) is 42.9 Å². The third-order valence-corrected chi connectivity index (χ3v) is 5.28. The molecule has 1 saturated carbocycles. The highest BCUT2D eigenvalue weighted by Crippen LogP contribution is 2.40. The average Bonchev–Trinajstić information content (AvgIpc) is 2.37. The van der Waals surface area contributed by atoms with Gasteiger partial charge in [-0.3, -0.25) is 9.59 Å². The molecule has 0 aromatic heterocycles. The van der Waals surface area contributed by atoms with Gasteiger partial charge in [0.1, 0.15) is 0 Å². The maximum Gasteiger partial charge on any atom is 0.313 e. The van der Waals surface area contributed by atoms with E-state index in [1.807, 2.05) is 0 Å². The van der Waals surface area contributed by atoms with Crippen LogP contribution in [0.25, 0.3) is 0 Å². The number of aliphatic carboxylic acids is 1. The Hall–Kier alpha value is -0.710. The van der Waals surface area contributed by atoms with Crippen molar-refractivity contribution in [3.8, 4) is 0 Å². The Labute approximate surface area is 132 Å². The third-order valence-electron chi connectivity index (χ3n) is 4.34. The van der Waals surface area contributed by atoms with Crippen LogP contribution in [0.5, 0.6) is 0 Å². The van der Waals surface area contributed by atoms with Gasteiger partial charge in [-0.1, -0.05) is 20.8 Å². The van der Waals surface area contributed by atoms with Crippen molar-refractivity contribution in [2.24, 2.45) is 17.3 Å². The summed E-state index contributed by atoms with van der Waals surface area (Å²) in [4.78, 5) is 22.2. The molecule has 0 saturated heterocycles. The van der Waals surface area contributed by atoms with E-state index in [1.54, 1.807) is 0 Å². The number of amides is 1. The van der Waals surface area contributed by atoms with E-state index in [-0.39, 0.29) is 11.7 Å². The second-order valence-corrected chi connectivity index (χ2v) is 8.19. The lowest BCUT2D eigenvalue weighted by molar-refractivity contribution is -0.133. The maximum atomic E-state index is 11.9. The summed E-state index contributed by atoms with van der Waals surface area (Å²) < 4.78 is 0. The number of carboxylic acids is 1. The molecule has 0 aliphatic heterocycles. The molecule has 1 aliphatic rings. The number of carbonyl (C=O) groups excluding carboxylic acids is 1. The third kappa shape index (κ3) is 7.74. The van der Waals surface area contributed by atoms with Gasteiger partial charge in [-0.25, -0.2) is 0 Å². The van der Waals surface area contributed by atoms with Crippen LogP contribution < -0.4 is 5.32 Å². The first-order valence-corrected chi connectivity index (χ1v) is 9.00. The molecule has 0 radical (unpaired) electrons. The maximum absolute atomic E-state index is 11.9. The van der Waals surface area contributed by atoms with Crippen LogP contribution in [-0.2, 0) is 9.59 Å². The number of hydrogen-bond acceptors (Lipinski definition) is 3. The van der Waals surface area contributed by atoms with Crippen molar-refractivity contribution in [3.05, 3.63) is 0 Å². The van der Waals surface area contributed by atoms with Crippen LogP contribution in [0.15, 0.2) is 0 Å². The predicted octanol–water partition coefficient (Wildman–Crippen LogP) is 3.16. The van der Waals surface area contributed by atoms with Gasteiger partial charge in [0.2, 0.25) is 5.91 Å². The van der Waals surface area contributed by atoms with Crippen molar-refractivity contribution in [3.63, 3.8) is 0 Å². The molecule has 0 bridgehead atoms. The summed E-state index contributed by atoms with van der Waals surface area (Å²) in [6.45, 7) is 7.48. The van der Waals surface area contributed by atoms with E-state index >= 15 is 0 Å². The lowest BCUT2D eigenvalue weighted by Crippen LogP contribution is -2.31. The van der Waals surface area contributed by atoms with E-state index < -0.39 is 5.97 Å². The molecule has 0 aromatic carbocycles. The quantitative estimate of drug-likeness (QED) is 0.708. The molecule has 1 amide bonds. The summed E-state index contributed by atoms with van der Waals surface area (Å²) >= 11 is 1.34. The molecule has 5 heteroatoms. The highest BCUT2D eigenvalue weighted by Gasteiger charge is 2.30. The van der Waals surface area contributed by atoms with Crippen LogP contribution in [0, 0.1) is 17.3 Å². The van der Waals surface area contributed by atoms with E-state index in [1.165, 1.54) is 24.6 Å². The van der Waals surface area contributed by atoms with Gasteiger partial charge in [0.25, 0.3) is 0 Å². The highest BCUT2D eigenvalue weighted by atomic mass is 32.2. The Morgan fingerprint density at radius 3 is 2.33 bits per heavy atom. The molecule has 122 valence electrons. The van der Waals surface area contributed by atoms with Crippen LogP contribution in [0.2, 0.25) is 0 Å². The van der Waals surface area contributed by atoms with Gasteiger partial charge < -0.3 is 10.4 Å². The summed E-state index contributed by atoms with van der Waals surface area (Å²) in [5.41, 5.74) is 0.384. The second kappa shape index (κ2) is 8.66. The van der Waals surface area contributed by atoms with E-state index in [0.29, 0.717) is 30.1 Å². The summed E-state index contributed by atoms with van der Waals surface area (Å²) in [7, 11) is 0. The van der Waals surface area contributed by atoms with Gasteiger partial charge in [0.05, 0.1) is 5.75 Å². The number of thioether (sulfide) groups is 1. The fourth-order valence-corrected chi connectivity index (χ4v) is 3.55. The molecule has 21 heavy (non-hydrogen) atoms. The molecule has 0 unspecified atom stereocenters. The van der Waals surface area contributed by atoms with Crippen molar-refractivity contribution >= 4 is 23.6 Å². The molecule has 4 nitrogen and oxygen atoms in total. The minimum atomic E-state index is -0.804. The lowest BCUT2D eigenvalue weighted by atomic mass is 9.69. The zero-order valence-electron chi connectivity index (χ0n) is 13.5. The fraction of sp³-hybridized carbons (Fsp3) is 0.875.